The summed E-state index contributed by atoms with van der Waals surface area (Å²) in [5.74, 6) is 1.93. The SMILES string of the molecule is C1=Cc2c(sc3cccc(-c4nc(-c5ccccc5)nc(-c5cc(-c6ccccc6)cc6oc7cc8ccccc8cc7c56)n4)c23)CC1. The fourth-order valence-corrected chi connectivity index (χ4v) is 8.32. The number of hydrogen-bond acceptors (Lipinski definition) is 5. The molecule has 0 aliphatic heterocycles. The van der Waals surface area contributed by atoms with E-state index in [0.29, 0.717) is 17.5 Å². The van der Waals surface area contributed by atoms with Crippen molar-refractivity contribution in [3.8, 4) is 45.3 Å². The van der Waals surface area contributed by atoms with E-state index in [1.54, 1.807) is 0 Å². The molecule has 4 nitrogen and oxygen atoms in total. The number of furan rings is 1. The summed E-state index contributed by atoms with van der Waals surface area (Å²) in [6.07, 6.45) is 6.69. The Hall–Kier alpha value is -5.91. The third kappa shape index (κ3) is 4.39. The van der Waals surface area contributed by atoms with E-state index in [1.807, 2.05) is 35.6 Å². The van der Waals surface area contributed by atoms with Crippen LogP contribution in [0.5, 0.6) is 0 Å². The predicted molar refractivity (Wildman–Crippen MR) is 199 cm³/mol. The van der Waals surface area contributed by atoms with E-state index < -0.39 is 0 Å². The second kappa shape index (κ2) is 10.8. The third-order valence-corrected chi connectivity index (χ3v) is 10.6. The van der Waals surface area contributed by atoms with Crippen LogP contribution in [0.4, 0.5) is 0 Å². The average Bonchev–Trinajstić information content (AvgIpc) is 3.72. The highest BCUT2D eigenvalue weighted by atomic mass is 32.1. The van der Waals surface area contributed by atoms with E-state index in [4.69, 9.17) is 19.4 Å². The number of rotatable bonds is 4. The van der Waals surface area contributed by atoms with E-state index in [0.717, 1.165) is 73.4 Å². The Morgan fingerprint density at radius 1 is 0.542 bits per heavy atom. The molecule has 0 N–H and O–H groups in total. The van der Waals surface area contributed by atoms with Crippen LogP contribution in [0.15, 0.2) is 138 Å². The van der Waals surface area contributed by atoms with Gasteiger partial charge in [0.25, 0.3) is 0 Å². The van der Waals surface area contributed by atoms with Gasteiger partial charge in [-0.3, -0.25) is 0 Å². The van der Waals surface area contributed by atoms with Gasteiger partial charge in [-0.15, -0.1) is 11.3 Å². The number of hydrogen-bond donors (Lipinski definition) is 0. The molecule has 1 aliphatic carbocycles. The van der Waals surface area contributed by atoms with Gasteiger partial charge < -0.3 is 4.42 Å². The van der Waals surface area contributed by atoms with Crippen molar-refractivity contribution in [1.29, 1.82) is 0 Å². The first-order valence-electron chi connectivity index (χ1n) is 16.2. The number of aryl methyl sites for hydroxylation is 1. The first kappa shape index (κ1) is 27.2. The standard InChI is InChI=1S/C43H27N3OS/c1-3-12-26(13-4-1)30-23-34(39-33-22-28-16-7-8-17-29(28)24-35(33)47-36(39)25-30)43-45-41(27-14-5-2-6-15-27)44-42(46-43)32-19-11-21-38-40(32)31-18-9-10-20-37(31)48-38/h1-9,11-19,21-25H,10,20H2. The molecule has 0 unspecified atom stereocenters. The van der Waals surface area contributed by atoms with Crippen molar-refractivity contribution in [3.63, 3.8) is 0 Å². The van der Waals surface area contributed by atoms with E-state index >= 15 is 0 Å². The lowest BCUT2D eigenvalue weighted by molar-refractivity contribution is 0.669. The maximum atomic E-state index is 6.65. The van der Waals surface area contributed by atoms with Gasteiger partial charge in [-0.05, 0) is 70.6 Å². The number of allylic oxidation sites excluding steroid dienone is 1. The lowest BCUT2D eigenvalue weighted by Crippen LogP contribution is -2.01. The molecular formula is C43H27N3OS. The van der Waals surface area contributed by atoms with Crippen LogP contribution in [0, 0.1) is 0 Å². The van der Waals surface area contributed by atoms with Crippen LogP contribution in [-0.4, -0.2) is 15.0 Å². The third-order valence-electron chi connectivity index (χ3n) is 9.35. The first-order valence-corrected chi connectivity index (χ1v) is 17.1. The lowest BCUT2D eigenvalue weighted by atomic mass is 9.97. The van der Waals surface area contributed by atoms with Gasteiger partial charge >= 0.3 is 0 Å². The number of aromatic nitrogens is 3. The number of thiophene rings is 1. The van der Waals surface area contributed by atoms with Crippen molar-refractivity contribution < 1.29 is 4.42 Å². The van der Waals surface area contributed by atoms with Gasteiger partial charge in [-0.1, -0.05) is 109 Å². The molecule has 3 heterocycles. The quantitative estimate of drug-likeness (QED) is 0.193. The molecule has 3 aromatic heterocycles. The Labute approximate surface area is 280 Å². The Morgan fingerprint density at radius 2 is 1.25 bits per heavy atom. The van der Waals surface area contributed by atoms with Crippen molar-refractivity contribution in [1.82, 2.24) is 15.0 Å². The van der Waals surface area contributed by atoms with Gasteiger partial charge in [0.15, 0.2) is 17.5 Å². The molecular weight excluding hydrogens is 607 g/mol. The van der Waals surface area contributed by atoms with Gasteiger partial charge in [0.1, 0.15) is 11.2 Å². The largest absolute Gasteiger partial charge is 0.456 e. The van der Waals surface area contributed by atoms with E-state index in [1.165, 1.54) is 20.5 Å². The van der Waals surface area contributed by atoms with Crippen molar-refractivity contribution in [3.05, 3.63) is 144 Å². The monoisotopic (exact) mass is 633 g/mol. The van der Waals surface area contributed by atoms with Crippen LogP contribution >= 0.6 is 11.3 Å². The zero-order valence-electron chi connectivity index (χ0n) is 25.9. The van der Waals surface area contributed by atoms with E-state index in [2.05, 4.69) is 115 Å². The Bertz CT molecular complexity index is 2720. The molecule has 0 fully saturated rings. The molecule has 5 heteroatoms. The van der Waals surface area contributed by atoms with Gasteiger partial charge in [0, 0.05) is 42.4 Å². The Morgan fingerprint density at radius 3 is 2.06 bits per heavy atom. The van der Waals surface area contributed by atoms with Gasteiger partial charge in [0.2, 0.25) is 0 Å². The molecule has 226 valence electrons. The summed E-state index contributed by atoms with van der Waals surface area (Å²) in [7, 11) is 0. The molecule has 0 saturated carbocycles. The number of nitrogens with zero attached hydrogens (tertiary/aromatic N) is 3. The summed E-state index contributed by atoms with van der Waals surface area (Å²) >= 11 is 1.88. The molecule has 48 heavy (non-hydrogen) atoms. The van der Waals surface area contributed by atoms with Gasteiger partial charge in [-0.25, -0.2) is 15.0 Å². The van der Waals surface area contributed by atoms with E-state index in [9.17, 15) is 0 Å². The molecule has 0 atom stereocenters. The first-order chi connectivity index (χ1) is 23.8. The minimum absolute atomic E-state index is 0.620. The summed E-state index contributed by atoms with van der Waals surface area (Å²) in [6, 6.07) is 44.3. The molecule has 0 radical (unpaired) electrons. The molecule has 9 aromatic rings. The van der Waals surface area contributed by atoms with Crippen molar-refractivity contribution in [2.24, 2.45) is 0 Å². The molecule has 0 bridgehead atoms. The summed E-state index contributed by atoms with van der Waals surface area (Å²) in [4.78, 5) is 17.1. The minimum Gasteiger partial charge on any atom is -0.456 e. The molecule has 0 amide bonds. The van der Waals surface area contributed by atoms with Crippen molar-refractivity contribution in [2.45, 2.75) is 12.8 Å². The summed E-state index contributed by atoms with van der Waals surface area (Å²) in [6.45, 7) is 0. The second-order valence-corrected chi connectivity index (χ2v) is 13.4. The van der Waals surface area contributed by atoms with Crippen molar-refractivity contribution >= 4 is 60.2 Å². The van der Waals surface area contributed by atoms with Crippen LogP contribution < -0.4 is 0 Å². The number of benzene rings is 6. The fourth-order valence-electron chi connectivity index (χ4n) is 7.08. The maximum Gasteiger partial charge on any atom is 0.164 e. The van der Waals surface area contributed by atoms with Crippen LogP contribution in [0.1, 0.15) is 16.9 Å². The molecule has 6 aromatic carbocycles. The Balaban J connectivity index is 1.30. The highest BCUT2D eigenvalue weighted by Gasteiger charge is 2.22. The summed E-state index contributed by atoms with van der Waals surface area (Å²) in [5, 5.41) is 5.56. The zero-order chi connectivity index (χ0) is 31.6. The Kier molecular flexibility index (Phi) is 6.14. The fraction of sp³-hybridized carbons (Fsp3) is 0.0465. The second-order valence-electron chi connectivity index (χ2n) is 12.3. The molecule has 1 aliphatic rings. The lowest BCUT2D eigenvalue weighted by Gasteiger charge is -2.12. The molecule has 0 saturated heterocycles. The van der Waals surface area contributed by atoms with Crippen molar-refractivity contribution in [2.75, 3.05) is 0 Å². The van der Waals surface area contributed by atoms with Crippen LogP contribution in [0.3, 0.4) is 0 Å². The highest BCUT2D eigenvalue weighted by Crippen LogP contribution is 2.43. The van der Waals surface area contributed by atoms with Crippen LogP contribution in [-0.2, 0) is 6.42 Å². The average molecular weight is 634 g/mol. The minimum atomic E-state index is 0.620. The zero-order valence-corrected chi connectivity index (χ0v) is 26.7. The topological polar surface area (TPSA) is 51.8 Å². The van der Waals surface area contributed by atoms with E-state index in [-0.39, 0.29) is 0 Å². The highest BCUT2D eigenvalue weighted by molar-refractivity contribution is 7.19. The normalized spacial score (nSPS) is 12.8. The van der Waals surface area contributed by atoms with Gasteiger partial charge in [0.05, 0.1) is 0 Å². The molecule has 10 rings (SSSR count). The summed E-state index contributed by atoms with van der Waals surface area (Å²) in [5.41, 5.74) is 7.97. The number of fused-ring (bicyclic) bond motifs is 7. The smallest absolute Gasteiger partial charge is 0.164 e. The predicted octanol–water partition coefficient (Wildman–Crippen LogP) is 11.8. The molecule has 0 spiro atoms. The maximum absolute atomic E-state index is 6.65. The van der Waals surface area contributed by atoms with Gasteiger partial charge in [-0.2, -0.15) is 0 Å². The van der Waals surface area contributed by atoms with Crippen LogP contribution in [0.2, 0.25) is 0 Å². The van der Waals surface area contributed by atoms with Crippen LogP contribution in [0.25, 0.3) is 94.2 Å². The summed E-state index contributed by atoms with van der Waals surface area (Å²) < 4.78 is 7.90.